The first-order valence-electron chi connectivity index (χ1n) is 6.26. The second-order valence-corrected chi connectivity index (χ2v) is 3.94. The monoisotopic (exact) mass is 237 g/mol. The molecule has 0 bridgehead atoms. The standard InChI is InChI=1S/C14H23NO2/c1-3-9-16-10-11-17-12-14(15-2)13-7-5-4-6-8-13/h4-8,14-15H,3,9-12H2,1-2H3. The maximum absolute atomic E-state index is 5.60. The Morgan fingerprint density at radius 3 is 2.41 bits per heavy atom. The number of ether oxygens (including phenoxy) is 2. The first kappa shape index (κ1) is 14.2. The Hall–Kier alpha value is -0.900. The molecule has 0 aromatic heterocycles. The van der Waals surface area contributed by atoms with Gasteiger partial charge in [-0.1, -0.05) is 37.3 Å². The van der Waals surface area contributed by atoms with Crippen molar-refractivity contribution in [1.29, 1.82) is 0 Å². The van der Waals surface area contributed by atoms with Gasteiger partial charge >= 0.3 is 0 Å². The summed E-state index contributed by atoms with van der Waals surface area (Å²) in [7, 11) is 1.95. The fourth-order valence-corrected chi connectivity index (χ4v) is 1.60. The molecular weight excluding hydrogens is 214 g/mol. The summed E-state index contributed by atoms with van der Waals surface area (Å²) in [4.78, 5) is 0. The summed E-state index contributed by atoms with van der Waals surface area (Å²) >= 11 is 0. The third-order valence-electron chi connectivity index (χ3n) is 2.56. The van der Waals surface area contributed by atoms with Crippen molar-refractivity contribution >= 4 is 0 Å². The average Bonchev–Trinajstić information content (AvgIpc) is 2.39. The molecule has 3 heteroatoms. The van der Waals surface area contributed by atoms with Gasteiger partial charge in [-0.05, 0) is 19.0 Å². The normalized spacial score (nSPS) is 12.6. The summed E-state index contributed by atoms with van der Waals surface area (Å²) in [6.45, 7) is 4.94. The molecule has 96 valence electrons. The second-order valence-electron chi connectivity index (χ2n) is 3.94. The van der Waals surface area contributed by atoms with E-state index < -0.39 is 0 Å². The molecule has 0 heterocycles. The fourth-order valence-electron chi connectivity index (χ4n) is 1.60. The molecule has 0 aliphatic carbocycles. The third kappa shape index (κ3) is 5.82. The highest BCUT2D eigenvalue weighted by atomic mass is 16.5. The van der Waals surface area contributed by atoms with E-state index in [0.29, 0.717) is 19.8 Å². The van der Waals surface area contributed by atoms with Crippen molar-refractivity contribution < 1.29 is 9.47 Å². The SMILES string of the molecule is CCCOCCOCC(NC)c1ccccc1. The van der Waals surface area contributed by atoms with Crippen LogP contribution >= 0.6 is 0 Å². The van der Waals surface area contributed by atoms with E-state index >= 15 is 0 Å². The van der Waals surface area contributed by atoms with Crippen molar-refractivity contribution in [1.82, 2.24) is 5.32 Å². The van der Waals surface area contributed by atoms with Crippen LogP contribution in [0.15, 0.2) is 30.3 Å². The van der Waals surface area contributed by atoms with Crippen LogP contribution in [0.25, 0.3) is 0 Å². The minimum absolute atomic E-state index is 0.252. The zero-order valence-corrected chi connectivity index (χ0v) is 10.8. The van der Waals surface area contributed by atoms with E-state index in [4.69, 9.17) is 9.47 Å². The predicted molar refractivity (Wildman–Crippen MR) is 70.2 cm³/mol. The van der Waals surface area contributed by atoms with Crippen LogP contribution < -0.4 is 5.32 Å². The molecule has 1 unspecified atom stereocenters. The summed E-state index contributed by atoms with van der Waals surface area (Å²) < 4.78 is 11.0. The van der Waals surface area contributed by atoms with Gasteiger partial charge in [-0.3, -0.25) is 0 Å². The molecule has 0 radical (unpaired) electrons. The maximum Gasteiger partial charge on any atom is 0.0701 e. The Kier molecular flexibility index (Phi) is 7.63. The summed E-state index contributed by atoms with van der Waals surface area (Å²) in [6.07, 6.45) is 1.06. The summed E-state index contributed by atoms with van der Waals surface area (Å²) in [5.41, 5.74) is 1.25. The molecule has 1 atom stereocenters. The number of benzene rings is 1. The van der Waals surface area contributed by atoms with Crippen LogP contribution in [-0.2, 0) is 9.47 Å². The van der Waals surface area contributed by atoms with Gasteiger partial charge < -0.3 is 14.8 Å². The Morgan fingerprint density at radius 1 is 1.06 bits per heavy atom. The number of likely N-dealkylation sites (N-methyl/N-ethyl adjacent to an activating group) is 1. The van der Waals surface area contributed by atoms with Crippen LogP contribution in [0.2, 0.25) is 0 Å². The lowest BCUT2D eigenvalue weighted by molar-refractivity contribution is 0.0399. The molecule has 1 aromatic rings. The van der Waals surface area contributed by atoms with Crippen LogP contribution in [0.1, 0.15) is 24.9 Å². The maximum atomic E-state index is 5.60. The molecule has 1 aromatic carbocycles. The Bertz CT molecular complexity index is 277. The van der Waals surface area contributed by atoms with Crippen molar-refractivity contribution in [3.8, 4) is 0 Å². The molecule has 17 heavy (non-hydrogen) atoms. The molecule has 0 spiro atoms. The van der Waals surface area contributed by atoms with Gasteiger partial charge in [-0.2, -0.15) is 0 Å². The molecule has 0 fully saturated rings. The number of hydrogen-bond acceptors (Lipinski definition) is 3. The molecule has 0 saturated carbocycles. The van der Waals surface area contributed by atoms with Crippen LogP contribution in [0.4, 0.5) is 0 Å². The van der Waals surface area contributed by atoms with Crippen molar-refractivity contribution in [2.24, 2.45) is 0 Å². The van der Waals surface area contributed by atoms with E-state index in [1.54, 1.807) is 0 Å². The quantitative estimate of drug-likeness (QED) is 0.669. The minimum Gasteiger partial charge on any atom is -0.379 e. The topological polar surface area (TPSA) is 30.5 Å². The van der Waals surface area contributed by atoms with E-state index in [1.165, 1.54) is 5.56 Å². The van der Waals surface area contributed by atoms with Gasteiger partial charge in [0, 0.05) is 6.61 Å². The molecule has 0 saturated heterocycles. The second kappa shape index (κ2) is 9.16. The van der Waals surface area contributed by atoms with Crippen LogP contribution in [0, 0.1) is 0 Å². The highest BCUT2D eigenvalue weighted by Crippen LogP contribution is 2.11. The fraction of sp³-hybridized carbons (Fsp3) is 0.571. The van der Waals surface area contributed by atoms with E-state index in [-0.39, 0.29) is 6.04 Å². The van der Waals surface area contributed by atoms with Gasteiger partial charge in [0.05, 0.1) is 25.9 Å². The van der Waals surface area contributed by atoms with Gasteiger partial charge in [-0.15, -0.1) is 0 Å². The van der Waals surface area contributed by atoms with Crippen molar-refractivity contribution in [3.63, 3.8) is 0 Å². The van der Waals surface area contributed by atoms with Gasteiger partial charge in [0.2, 0.25) is 0 Å². The van der Waals surface area contributed by atoms with E-state index in [2.05, 4.69) is 24.4 Å². The van der Waals surface area contributed by atoms with Crippen molar-refractivity contribution in [3.05, 3.63) is 35.9 Å². The van der Waals surface area contributed by atoms with E-state index in [9.17, 15) is 0 Å². The summed E-state index contributed by atoms with van der Waals surface area (Å²) in [5, 5.41) is 3.25. The van der Waals surface area contributed by atoms with Crippen LogP contribution in [0.5, 0.6) is 0 Å². The molecule has 0 amide bonds. The average molecular weight is 237 g/mol. The molecule has 3 nitrogen and oxygen atoms in total. The first-order chi connectivity index (χ1) is 8.38. The molecule has 0 aliphatic heterocycles. The number of nitrogens with one attached hydrogen (secondary N) is 1. The zero-order chi connectivity index (χ0) is 12.3. The van der Waals surface area contributed by atoms with E-state index in [1.807, 2.05) is 25.2 Å². The lowest BCUT2D eigenvalue weighted by Gasteiger charge is -2.16. The van der Waals surface area contributed by atoms with Gasteiger partial charge in [0.1, 0.15) is 0 Å². The lowest BCUT2D eigenvalue weighted by Crippen LogP contribution is -2.22. The Labute approximate surface area is 104 Å². The summed E-state index contributed by atoms with van der Waals surface area (Å²) in [6, 6.07) is 10.6. The predicted octanol–water partition coefficient (Wildman–Crippen LogP) is 2.39. The number of hydrogen-bond donors (Lipinski definition) is 1. The first-order valence-corrected chi connectivity index (χ1v) is 6.26. The Balaban J connectivity index is 2.20. The highest BCUT2D eigenvalue weighted by Gasteiger charge is 2.07. The highest BCUT2D eigenvalue weighted by molar-refractivity contribution is 5.18. The molecular formula is C14H23NO2. The van der Waals surface area contributed by atoms with Gasteiger partial charge in [-0.25, -0.2) is 0 Å². The van der Waals surface area contributed by atoms with E-state index in [0.717, 1.165) is 13.0 Å². The lowest BCUT2D eigenvalue weighted by atomic mass is 10.1. The van der Waals surface area contributed by atoms with Gasteiger partial charge in [0.25, 0.3) is 0 Å². The molecule has 1 N–H and O–H groups in total. The van der Waals surface area contributed by atoms with Crippen molar-refractivity contribution in [2.45, 2.75) is 19.4 Å². The zero-order valence-electron chi connectivity index (χ0n) is 10.8. The smallest absolute Gasteiger partial charge is 0.0701 e. The van der Waals surface area contributed by atoms with Crippen molar-refractivity contribution in [2.75, 3.05) is 33.5 Å². The van der Waals surface area contributed by atoms with Crippen LogP contribution in [0.3, 0.4) is 0 Å². The molecule has 0 aliphatic rings. The number of rotatable bonds is 9. The summed E-state index contributed by atoms with van der Waals surface area (Å²) in [5.74, 6) is 0. The van der Waals surface area contributed by atoms with Gasteiger partial charge in [0.15, 0.2) is 0 Å². The third-order valence-corrected chi connectivity index (χ3v) is 2.56. The molecule has 1 rings (SSSR count). The van der Waals surface area contributed by atoms with Crippen LogP contribution in [-0.4, -0.2) is 33.5 Å². The minimum atomic E-state index is 0.252. The Morgan fingerprint density at radius 2 is 1.76 bits per heavy atom. The largest absolute Gasteiger partial charge is 0.379 e.